The molecule has 0 atom stereocenters. The Morgan fingerprint density at radius 3 is 2.63 bits per heavy atom. The van der Waals surface area contributed by atoms with E-state index >= 15 is 0 Å². The molecule has 1 saturated heterocycles. The second-order valence-electron chi connectivity index (χ2n) is 8.05. The van der Waals surface area contributed by atoms with Gasteiger partial charge in [-0.1, -0.05) is 12.5 Å². The molecule has 3 aromatic rings. The molecule has 2 aliphatic heterocycles. The summed E-state index contributed by atoms with van der Waals surface area (Å²) in [6.07, 6.45) is 5.93. The highest BCUT2D eigenvalue weighted by atomic mass is 16.2. The minimum absolute atomic E-state index is 0.00503. The fraction of sp³-hybridized carbons (Fsp3) is 0.391. The number of nitrogens with zero attached hydrogens (tertiary/aromatic N) is 4. The average molecular weight is 404 g/mol. The summed E-state index contributed by atoms with van der Waals surface area (Å²) in [6.45, 7) is 3.64. The molecule has 7 heteroatoms. The quantitative estimate of drug-likeness (QED) is 0.654. The summed E-state index contributed by atoms with van der Waals surface area (Å²) in [5, 5.41) is 0.599. The summed E-state index contributed by atoms with van der Waals surface area (Å²) in [5.41, 5.74) is 1.26. The van der Waals surface area contributed by atoms with Crippen LogP contribution in [-0.2, 0) is 13.0 Å². The van der Waals surface area contributed by atoms with Crippen LogP contribution < -0.4 is 15.4 Å². The highest BCUT2D eigenvalue weighted by molar-refractivity contribution is 5.97. The maximum Gasteiger partial charge on any atom is 0.274 e. The van der Waals surface area contributed by atoms with Gasteiger partial charge in [0.15, 0.2) is 0 Å². The van der Waals surface area contributed by atoms with E-state index in [0.29, 0.717) is 29.6 Å². The van der Waals surface area contributed by atoms with Crippen molar-refractivity contribution in [1.82, 2.24) is 14.5 Å². The fourth-order valence-corrected chi connectivity index (χ4v) is 4.46. The normalized spacial score (nSPS) is 16.9. The van der Waals surface area contributed by atoms with Gasteiger partial charge in [0.2, 0.25) is 0 Å². The molecule has 7 nitrogen and oxygen atoms in total. The van der Waals surface area contributed by atoms with Crippen LogP contribution in [-0.4, -0.2) is 46.5 Å². The minimum atomic E-state index is 0.00503. The first-order valence-corrected chi connectivity index (χ1v) is 10.7. The largest absolute Gasteiger partial charge is 0.331 e. The summed E-state index contributed by atoms with van der Waals surface area (Å²) in [6, 6.07) is 11.4. The van der Waals surface area contributed by atoms with Gasteiger partial charge < -0.3 is 4.90 Å². The van der Waals surface area contributed by atoms with Crippen molar-refractivity contribution < 1.29 is 9.78 Å². The number of aromatic amines is 1. The number of fused-ring (bicyclic) bond motifs is 2. The lowest BCUT2D eigenvalue weighted by Gasteiger charge is -2.31. The standard InChI is InChI=1S/C23H25N5O2/c29-22(27-14-12-26(13-15-27)20-6-3-4-10-24-20)17-8-9-18-19(16-17)25-21-7-2-1-5-11-28(21)23(18)30/h3-4,6,8-10,16H,1-2,5,7,11-15H2/p+1. The molecule has 0 saturated carbocycles. The van der Waals surface area contributed by atoms with E-state index in [1.165, 1.54) is 0 Å². The van der Waals surface area contributed by atoms with Crippen LogP contribution in [0.1, 0.15) is 35.4 Å². The Kier molecular flexibility index (Phi) is 4.94. The number of amides is 1. The van der Waals surface area contributed by atoms with Crippen LogP contribution in [0.3, 0.4) is 0 Å². The van der Waals surface area contributed by atoms with Crippen molar-refractivity contribution >= 4 is 22.6 Å². The monoisotopic (exact) mass is 404 g/mol. The average Bonchev–Trinajstić information content (AvgIpc) is 3.05. The molecule has 2 aliphatic rings. The van der Waals surface area contributed by atoms with E-state index in [-0.39, 0.29) is 11.5 Å². The zero-order chi connectivity index (χ0) is 20.5. The molecule has 0 aliphatic carbocycles. The van der Waals surface area contributed by atoms with Gasteiger partial charge >= 0.3 is 0 Å². The second-order valence-corrected chi connectivity index (χ2v) is 8.05. The molecular formula is C23H26N5O2+. The third kappa shape index (κ3) is 3.44. The molecule has 1 aromatic carbocycles. The lowest BCUT2D eigenvalue weighted by Crippen LogP contribution is -2.50. The number of rotatable bonds is 2. The number of H-pyrrole nitrogens is 1. The van der Waals surface area contributed by atoms with Crippen LogP contribution in [0.4, 0.5) is 5.82 Å². The van der Waals surface area contributed by atoms with Crippen molar-refractivity contribution in [2.45, 2.75) is 32.2 Å². The summed E-state index contributed by atoms with van der Waals surface area (Å²) < 4.78 is 1.82. The molecule has 154 valence electrons. The van der Waals surface area contributed by atoms with Gasteiger partial charge in [-0.2, -0.15) is 0 Å². The maximum atomic E-state index is 13.1. The number of hydrogen-bond donors (Lipinski definition) is 0. The van der Waals surface area contributed by atoms with Gasteiger partial charge in [-0.3, -0.25) is 19.1 Å². The third-order valence-corrected chi connectivity index (χ3v) is 6.16. The van der Waals surface area contributed by atoms with Gasteiger partial charge in [0.05, 0.1) is 30.2 Å². The van der Waals surface area contributed by atoms with Crippen molar-refractivity contribution in [1.29, 1.82) is 0 Å². The number of piperazine rings is 1. The Balaban J connectivity index is 1.37. The summed E-state index contributed by atoms with van der Waals surface area (Å²) in [4.78, 5) is 38.1. The predicted molar refractivity (Wildman–Crippen MR) is 115 cm³/mol. The summed E-state index contributed by atoms with van der Waals surface area (Å²) >= 11 is 0. The first-order chi connectivity index (χ1) is 14.7. The smallest absolute Gasteiger partial charge is 0.274 e. The number of carbonyl (C=O) groups is 1. The minimum Gasteiger partial charge on any atom is -0.331 e. The molecule has 1 N–H and O–H groups in total. The van der Waals surface area contributed by atoms with E-state index in [2.05, 4.69) is 9.88 Å². The number of hydrogen-bond acceptors (Lipinski definition) is 4. The predicted octanol–water partition coefficient (Wildman–Crippen LogP) is 1.90. The lowest BCUT2D eigenvalue weighted by atomic mass is 10.1. The SMILES string of the molecule is O=C(c1ccc2c(=O)n3c(nc2c1)CCCCC3)N1CCN(c2cccc[nH+]2)CC1. The van der Waals surface area contributed by atoms with E-state index in [9.17, 15) is 9.59 Å². The van der Waals surface area contributed by atoms with Crippen LogP contribution >= 0.6 is 0 Å². The van der Waals surface area contributed by atoms with E-state index in [0.717, 1.165) is 57.0 Å². The number of anilines is 1. The number of carbonyl (C=O) groups excluding carboxylic acids is 1. The molecule has 1 amide bonds. The number of nitrogens with one attached hydrogen (secondary N) is 1. The van der Waals surface area contributed by atoms with Crippen LogP contribution in [0.2, 0.25) is 0 Å². The first-order valence-electron chi connectivity index (χ1n) is 10.7. The van der Waals surface area contributed by atoms with E-state index in [1.807, 2.05) is 33.9 Å². The third-order valence-electron chi connectivity index (χ3n) is 6.16. The van der Waals surface area contributed by atoms with Crippen molar-refractivity contribution in [3.8, 4) is 0 Å². The molecular weight excluding hydrogens is 378 g/mol. The molecule has 30 heavy (non-hydrogen) atoms. The molecule has 0 unspecified atom stereocenters. The first kappa shape index (κ1) is 18.8. The van der Waals surface area contributed by atoms with Gasteiger partial charge in [-0.15, -0.1) is 0 Å². The molecule has 0 radical (unpaired) electrons. The number of pyridine rings is 1. The Bertz CT molecular complexity index is 1130. The van der Waals surface area contributed by atoms with E-state index in [1.54, 1.807) is 18.2 Å². The van der Waals surface area contributed by atoms with Crippen molar-refractivity contribution in [2.75, 3.05) is 31.1 Å². The van der Waals surface area contributed by atoms with Crippen LogP contribution in [0.15, 0.2) is 47.4 Å². The molecule has 1 fully saturated rings. The van der Waals surface area contributed by atoms with Crippen molar-refractivity contribution in [3.05, 3.63) is 64.3 Å². The Labute approximate surface area is 175 Å². The topological polar surface area (TPSA) is 72.6 Å². The van der Waals surface area contributed by atoms with Gasteiger partial charge in [0.1, 0.15) is 18.9 Å². The highest BCUT2D eigenvalue weighted by Crippen LogP contribution is 2.18. The lowest BCUT2D eigenvalue weighted by molar-refractivity contribution is -0.364. The maximum absolute atomic E-state index is 13.1. The van der Waals surface area contributed by atoms with Crippen LogP contribution in [0, 0.1) is 0 Å². The Morgan fingerprint density at radius 1 is 0.967 bits per heavy atom. The van der Waals surface area contributed by atoms with Gasteiger partial charge in [-0.25, -0.2) is 9.97 Å². The molecule has 0 bridgehead atoms. The Hall–Kier alpha value is -3.22. The van der Waals surface area contributed by atoms with Gasteiger partial charge in [-0.05, 0) is 37.1 Å². The van der Waals surface area contributed by atoms with Gasteiger partial charge in [0.25, 0.3) is 17.3 Å². The molecule has 4 heterocycles. The van der Waals surface area contributed by atoms with Gasteiger partial charge in [0, 0.05) is 24.6 Å². The van der Waals surface area contributed by atoms with Crippen molar-refractivity contribution in [3.63, 3.8) is 0 Å². The molecule has 0 spiro atoms. The van der Waals surface area contributed by atoms with Crippen LogP contribution in [0.5, 0.6) is 0 Å². The van der Waals surface area contributed by atoms with Crippen molar-refractivity contribution in [2.24, 2.45) is 0 Å². The van der Waals surface area contributed by atoms with E-state index in [4.69, 9.17) is 4.98 Å². The molecule has 5 rings (SSSR count). The molecule has 2 aromatic heterocycles. The Morgan fingerprint density at radius 2 is 1.83 bits per heavy atom. The zero-order valence-electron chi connectivity index (χ0n) is 17.0. The summed E-state index contributed by atoms with van der Waals surface area (Å²) in [5.74, 6) is 1.92. The number of aryl methyl sites for hydroxylation is 1. The number of aromatic nitrogens is 3. The fourth-order valence-electron chi connectivity index (χ4n) is 4.46. The number of benzene rings is 1. The highest BCUT2D eigenvalue weighted by Gasteiger charge is 2.27. The van der Waals surface area contributed by atoms with Crippen LogP contribution in [0.25, 0.3) is 10.9 Å². The second kappa shape index (κ2) is 7.89. The zero-order valence-corrected chi connectivity index (χ0v) is 17.0. The summed E-state index contributed by atoms with van der Waals surface area (Å²) in [7, 11) is 0. The van der Waals surface area contributed by atoms with E-state index < -0.39 is 0 Å².